The number of rotatable bonds is 5. The van der Waals surface area contributed by atoms with E-state index in [1.165, 1.54) is 6.42 Å². The van der Waals surface area contributed by atoms with Crippen molar-refractivity contribution in [1.29, 1.82) is 0 Å². The smallest absolute Gasteiger partial charge is 0.309 e. The van der Waals surface area contributed by atoms with E-state index in [0.29, 0.717) is 12.5 Å². The van der Waals surface area contributed by atoms with Crippen molar-refractivity contribution in [2.75, 3.05) is 13.2 Å². The molecule has 0 bridgehead atoms. The van der Waals surface area contributed by atoms with E-state index in [9.17, 15) is 4.79 Å². The third-order valence-corrected chi connectivity index (χ3v) is 4.16. The topological polar surface area (TPSA) is 77.3 Å². The third-order valence-electron chi connectivity index (χ3n) is 4.16. The maximum Gasteiger partial charge on any atom is 0.309 e. The van der Waals surface area contributed by atoms with Gasteiger partial charge in [-0.1, -0.05) is 5.16 Å². The Labute approximate surface area is 111 Å². The summed E-state index contributed by atoms with van der Waals surface area (Å²) in [5, 5.41) is 7.55. The molecule has 1 aliphatic carbocycles. The number of aryl methyl sites for hydroxylation is 1. The highest BCUT2D eigenvalue weighted by Gasteiger charge is 2.42. The first kappa shape index (κ1) is 12.6. The summed E-state index contributed by atoms with van der Waals surface area (Å²) in [6.07, 6.45) is 4.89. The lowest BCUT2D eigenvalue weighted by molar-refractivity contribution is -0.141. The van der Waals surface area contributed by atoms with E-state index in [4.69, 9.17) is 9.26 Å². The van der Waals surface area contributed by atoms with Gasteiger partial charge in [0.25, 0.3) is 0 Å². The van der Waals surface area contributed by atoms with Crippen molar-refractivity contribution in [2.45, 2.75) is 44.6 Å². The minimum absolute atomic E-state index is 0.0524. The Morgan fingerprint density at radius 3 is 2.84 bits per heavy atom. The molecule has 19 heavy (non-hydrogen) atoms. The molecule has 2 fully saturated rings. The number of cyclic esters (lactones) is 1. The number of nitrogens with zero attached hydrogens (tertiary/aromatic N) is 2. The summed E-state index contributed by atoms with van der Waals surface area (Å²) in [6.45, 7) is 3.16. The zero-order chi connectivity index (χ0) is 13.3. The predicted octanol–water partition coefficient (Wildman–Crippen LogP) is 1.30. The van der Waals surface area contributed by atoms with Gasteiger partial charge in [0.15, 0.2) is 5.82 Å². The van der Waals surface area contributed by atoms with Gasteiger partial charge in [-0.15, -0.1) is 0 Å². The van der Waals surface area contributed by atoms with Gasteiger partial charge in [0.1, 0.15) is 0 Å². The molecule has 6 nitrogen and oxygen atoms in total. The van der Waals surface area contributed by atoms with Crippen LogP contribution in [0, 0.1) is 12.8 Å². The zero-order valence-corrected chi connectivity index (χ0v) is 11.1. The van der Waals surface area contributed by atoms with Gasteiger partial charge in [0.05, 0.1) is 18.1 Å². The molecular formula is C13H19N3O3. The number of carbonyl (C=O) groups is 1. The molecule has 0 unspecified atom stereocenters. The highest BCUT2D eigenvalue weighted by atomic mass is 16.5. The minimum Gasteiger partial charge on any atom is -0.465 e. The van der Waals surface area contributed by atoms with Crippen molar-refractivity contribution in [3.63, 3.8) is 0 Å². The molecule has 1 atom stereocenters. The summed E-state index contributed by atoms with van der Waals surface area (Å²) in [7, 11) is 0. The summed E-state index contributed by atoms with van der Waals surface area (Å²) >= 11 is 0. The largest absolute Gasteiger partial charge is 0.465 e. The van der Waals surface area contributed by atoms with Gasteiger partial charge in [0.2, 0.25) is 5.89 Å². The molecule has 0 radical (unpaired) electrons. The summed E-state index contributed by atoms with van der Waals surface area (Å²) in [6, 6.07) is 0. The number of carbonyl (C=O) groups excluding carboxylic acids is 1. The molecular weight excluding hydrogens is 246 g/mol. The van der Waals surface area contributed by atoms with Crippen molar-refractivity contribution in [2.24, 2.45) is 5.92 Å². The van der Waals surface area contributed by atoms with Crippen molar-refractivity contribution in [1.82, 2.24) is 15.5 Å². The van der Waals surface area contributed by atoms with E-state index < -0.39 is 0 Å². The van der Waals surface area contributed by atoms with E-state index in [2.05, 4.69) is 15.5 Å². The van der Waals surface area contributed by atoms with Crippen molar-refractivity contribution < 1.29 is 14.1 Å². The van der Waals surface area contributed by atoms with Crippen LogP contribution in [0.4, 0.5) is 0 Å². The number of nitrogens with one attached hydrogen (secondary N) is 1. The van der Waals surface area contributed by atoms with Crippen LogP contribution in [0.5, 0.6) is 0 Å². The second kappa shape index (κ2) is 4.92. The molecule has 0 spiro atoms. The molecule has 1 aromatic heterocycles. The third kappa shape index (κ3) is 2.36. The van der Waals surface area contributed by atoms with E-state index in [1.54, 1.807) is 6.92 Å². The van der Waals surface area contributed by atoms with Crippen molar-refractivity contribution in [3.8, 4) is 0 Å². The van der Waals surface area contributed by atoms with Crippen LogP contribution in [0.1, 0.15) is 43.8 Å². The standard InChI is InChI=1S/C13H19N3O3/c1-9-15-12(16-19-9)13(5-2-6-13)14-7-3-10-4-8-18-11(10)17/h10,14H,2-8H2,1H3/t10-/m1/s1. The lowest BCUT2D eigenvalue weighted by atomic mass is 9.76. The van der Waals surface area contributed by atoms with Gasteiger partial charge in [0, 0.05) is 6.92 Å². The Balaban J connectivity index is 1.57. The molecule has 0 amide bonds. The molecule has 1 saturated carbocycles. The quantitative estimate of drug-likeness (QED) is 0.809. The Hall–Kier alpha value is -1.43. The van der Waals surface area contributed by atoms with Gasteiger partial charge in [-0.05, 0) is 38.6 Å². The molecule has 104 valence electrons. The fourth-order valence-corrected chi connectivity index (χ4v) is 2.79. The van der Waals surface area contributed by atoms with Gasteiger partial charge >= 0.3 is 5.97 Å². The molecule has 0 aromatic carbocycles. The summed E-state index contributed by atoms with van der Waals surface area (Å²) in [5.41, 5.74) is -0.139. The highest BCUT2D eigenvalue weighted by Crippen LogP contribution is 2.39. The number of hydrogen-bond donors (Lipinski definition) is 1. The van der Waals surface area contributed by atoms with Gasteiger partial charge < -0.3 is 14.6 Å². The van der Waals surface area contributed by atoms with E-state index in [0.717, 1.165) is 38.1 Å². The maximum absolute atomic E-state index is 11.4. The second-order valence-electron chi connectivity index (χ2n) is 5.44. The van der Waals surface area contributed by atoms with Crippen LogP contribution in [0.2, 0.25) is 0 Å². The molecule has 1 aromatic rings. The summed E-state index contributed by atoms with van der Waals surface area (Å²) in [4.78, 5) is 15.7. The van der Waals surface area contributed by atoms with E-state index >= 15 is 0 Å². The van der Waals surface area contributed by atoms with Crippen LogP contribution in [0.25, 0.3) is 0 Å². The van der Waals surface area contributed by atoms with Crippen LogP contribution >= 0.6 is 0 Å². The minimum atomic E-state index is -0.139. The second-order valence-corrected chi connectivity index (χ2v) is 5.44. The van der Waals surface area contributed by atoms with Gasteiger partial charge in [-0.2, -0.15) is 4.98 Å². The van der Waals surface area contributed by atoms with Crippen LogP contribution in [0.3, 0.4) is 0 Å². The lowest BCUT2D eigenvalue weighted by Crippen LogP contribution is -2.49. The molecule has 2 heterocycles. The van der Waals surface area contributed by atoms with Crippen molar-refractivity contribution in [3.05, 3.63) is 11.7 Å². The summed E-state index contributed by atoms with van der Waals surface area (Å²) in [5.74, 6) is 1.35. The summed E-state index contributed by atoms with van der Waals surface area (Å²) < 4.78 is 10.0. The maximum atomic E-state index is 11.4. The van der Waals surface area contributed by atoms with Crippen LogP contribution in [0.15, 0.2) is 4.52 Å². The molecule has 3 rings (SSSR count). The number of hydrogen-bond acceptors (Lipinski definition) is 6. The van der Waals surface area contributed by atoms with Crippen LogP contribution in [-0.2, 0) is 15.1 Å². The zero-order valence-electron chi connectivity index (χ0n) is 11.1. The Bertz CT molecular complexity index is 467. The fraction of sp³-hybridized carbons (Fsp3) is 0.769. The van der Waals surface area contributed by atoms with Gasteiger partial charge in [-0.25, -0.2) is 0 Å². The molecule has 1 N–H and O–H groups in total. The average Bonchev–Trinajstić information content (AvgIpc) is 2.92. The molecule has 1 saturated heterocycles. The van der Waals surface area contributed by atoms with Crippen LogP contribution in [-0.4, -0.2) is 29.3 Å². The SMILES string of the molecule is Cc1nc(C2(NCC[C@@H]3CCOC3=O)CCC2)no1. The number of esters is 1. The Kier molecular flexibility index (Phi) is 3.26. The average molecular weight is 265 g/mol. The van der Waals surface area contributed by atoms with Gasteiger partial charge in [-0.3, -0.25) is 4.79 Å². The lowest BCUT2D eigenvalue weighted by Gasteiger charge is -2.40. The molecule has 1 aliphatic heterocycles. The first-order chi connectivity index (χ1) is 9.20. The Morgan fingerprint density at radius 1 is 1.47 bits per heavy atom. The fourth-order valence-electron chi connectivity index (χ4n) is 2.79. The number of ether oxygens (including phenoxy) is 1. The first-order valence-corrected chi connectivity index (χ1v) is 6.92. The van der Waals surface area contributed by atoms with Crippen LogP contribution < -0.4 is 5.32 Å². The molecule has 6 heteroatoms. The van der Waals surface area contributed by atoms with E-state index in [1.807, 2.05) is 0 Å². The van der Waals surface area contributed by atoms with E-state index in [-0.39, 0.29) is 17.4 Å². The Morgan fingerprint density at radius 2 is 2.32 bits per heavy atom. The number of aromatic nitrogens is 2. The molecule has 2 aliphatic rings. The monoisotopic (exact) mass is 265 g/mol. The van der Waals surface area contributed by atoms with Crippen molar-refractivity contribution >= 4 is 5.97 Å². The predicted molar refractivity (Wildman–Crippen MR) is 66.2 cm³/mol. The highest BCUT2D eigenvalue weighted by molar-refractivity contribution is 5.74. The first-order valence-electron chi connectivity index (χ1n) is 6.92. The normalized spacial score (nSPS) is 25.1.